The number of rotatable bonds is 6. The molecule has 0 amide bonds. The van der Waals surface area contributed by atoms with E-state index in [4.69, 9.17) is 0 Å². The molecule has 1 N–H and O–H groups in total. The number of nitro groups is 2. The lowest BCUT2D eigenvalue weighted by Crippen LogP contribution is -2.51. The van der Waals surface area contributed by atoms with Crippen LogP contribution in [0.3, 0.4) is 0 Å². The first-order valence-electron chi connectivity index (χ1n) is 10.6. The molecule has 2 aromatic rings. The molecule has 0 fully saturated rings. The van der Waals surface area contributed by atoms with Crippen LogP contribution in [0.4, 0.5) is 22.7 Å². The van der Waals surface area contributed by atoms with Crippen molar-refractivity contribution in [3.8, 4) is 0 Å². The molecule has 1 heterocycles. The second-order valence-electron chi connectivity index (χ2n) is 9.23. The Balaban J connectivity index is 1.92. The molecule has 0 saturated carbocycles. The number of nitrogens with zero attached hydrogens (tertiary/aromatic N) is 4. The highest BCUT2D eigenvalue weighted by atomic mass is 16.6. The van der Waals surface area contributed by atoms with Crippen molar-refractivity contribution in [3.63, 3.8) is 0 Å². The van der Waals surface area contributed by atoms with Crippen molar-refractivity contribution >= 4 is 29.0 Å². The summed E-state index contributed by atoms with van der Waals surface area (Å²) >= 11 is 0. The quantitative estimate of drug-likeness (QED) is 0.348. The number of nitrogens with one attached hydrogen (secondary N) is 1. The number of benzene rings is 2. The van der Waals surface area contributed by atoms with E-state index in [2.05, 4.69) is 62.2 Å². The van der Waals surface area contributed by atoms with Gasteiger partial charge >= 0.3 is 5.69 Å². The summed E-state index contributed by atoms with van der Waals surface area (Å²) in [6.45, 7) is 13.2. The van der Waals surface area contributed by atoms with Crippen LogP contribution in [-0.2, 0) is 0 Å². The molecule has 1 atom stereocenters. The molecule has 2 aromatic carbocycles. The van der Waals surface area contributed by atoms with Gasteiger partial charge in [0.25, 0.3) is 5.69 Å². The summed E-state index contributed by atoms with van der Waals surface area (Å²) in [7, 11) is 0. The summed E-state index contributed by atoms with van der Waals surface area (Å²) in [5.74, 6) is 0.381. The zero-order valence-corrected chi connectivity index (χ0v) is 19.2. The molecule has 1 unspecified atom stereocenters. The lowest BCUT2D eigenvalue weighted by molar-refractivity contribution is -0.393. The first-order valence-corrected chi connectivity index (χ1v) is 10.6. The van der Waals surface area contributed by atoms with Gasteiger partial charge < -0.3 is 4.90 Å². The minimum Gasteiger partial charge on any atom is -0.364 e. The smallest absolute Gasteiger partial charge is 0.301 e. The normalized spacial score (nSPS) is 17.5. The fourth-order valence-corrected chi connectivity index (χ4v) is 4.78. The van der Waals surface area contributed by atoms with E-state index in [0.29, 0.717) is 12.0 Å². The third-order valence-corrected chi connectivity index (χ3v) is 5.96. The van der Waals surface area contributed by atoms with Crippen molar-refractivity contribution in [2.45, 2.75) is 65.5 Å². The standard InChI is InChI=1S/C23H29N5O4/c1-14(2)26-21-9-15(3)17(10-19(21)16(4)12-23(26,5)6)13-24-25-20-8-7-18(27(29)30)11-22(20)28(31)32/h7-11,13-14,16,25H,12H2,1-6H3/b24-13+. The van der Waals surface area contributed by atoms with E-state index < -0.39 is 15.5 Å². The number of fused-ring (bicyclic) bond motifs is 1. The number of hydrazone groups is 1. The van der Waals surface area contributed by atoms with Crippen LogP contribution in [0.15, 0.2) is 35.4 Å². The van der Waals surface area contributed by atoms with Gasteiger partial charge in [-0.05, 0) is 81.8 Å². The van der Waals surface area contributed by atoms with E-state index in [1.54, 1.807) is 6.21 Å². The highest BCUT2D eigenvalue weighted by Gasteiger charge is 2.37. The first-order chi connectivity index (χ1) is 14.9. The van der Waals surface area contributed by atoms with Crippen molar-refractivity contribution in [3.05, 3.63) is 67.3 Å². The maximum absolute atomic E-state index is 11.3. The third kappa shape index (κ3) is 4.42. The van der Waals surface area contributed by atoms with Gasteiger partial charge in [-0.15, -0.1) is 0 Å². The van der Waals surface area contributed by atoms with Crippen molar-refractivity contribution < 1.29 is 9.85 Å². The van der Waals surface area contributed by atoms with Crippen LogP contribution in [0.2, 0.25) is 0 Å². The largest absolute Gasteiger partial charge is 0.364 e. The Kier molecular flexibility index (Phi) is 6.20. The second-order valence-corrected chi connectivity index (χ2v) is 9.23. The molecule has 9 nitrogen and oxygen atoms in total. The molecule has 9 heteroatoms. The Bertz CT molecular complexity index is 1090. The predicted octanol–water partition coefficient (Wildman–Crippen LogP) is 5.76. The number of hydrogen-bond donors (Lipinski definition) is 1. The maximum atomic E-state index is 11.3. The maximum Gasteiger partial charge on any atom is 0.301 e. The summed E-state index contributed by atoms with van der Waals surface area (Å²) < 4.78 is 0. The highest BCUT2D eigenvalue weighted by molar-refractivity contribution is 5.85. The van der Waals surface area contributed by atoms with E-state index in [1.807, 2.05) is 6.92 Å². The highest BCUT2D eigenvalue weighted by Crippen LogP contribution is 2.45. The van der Waals surface area contributed by atoms with Gasteiger partial charge in [-0.25, -0.2) is 0 Å². The van der Waals surface area contributed by atoms with Crippen molar-refractivity contribution in [2.24, 2.45) is 5.10 Å². The van der Waals surface area contributed by atoms with Gasteiger partial charge in [0.15, 0.2) is 0 Å². The second kappa shape index (κ2) is 8.57. The molecular weight excluding hydrogens is 410 g/mol. The number of aryl methyl sites for hydroxylation is 1. The average molecular weight is 440 g/mol. The third-order valence-electron chi connectivity index (χ3n) is 5.96. The summed E-state index contributed by atoms with van der Waals surface area (Å²) in [4.78, 5) is 23.3. The monoisotopic (exact) mass is 439 g/mol. The van der Waals surface area contributed by atoms with E-state index in [9.17, 15) is 20.2 Å². The molecule has 0 radical (unpaired) electrons. The van der Waals surface area contributed by atoms with E-state index in [1.165, 1.54) is 23.4 Å². The molecule has 3 rings (SSSR count). The molecule has 1 aliphatic heterocycles. The fourth-order valence-electron chi connectivity index (χ4n) is 4.78. The van der Waals surface area contributed by atoms with E-state index in [0.717, 1.165) is 23.6 Å². The number of non-ortho nitro benzene ring substituents is 1. The Hall–Kier alpha value is -3.49. The summed E-state index contributed by atoms with van der Waals surface area (Å²) in [5.41, 5.74) is 6.51. The minimum absolute atomic E-state index is 0.0546. The number of anilines is 2. The van der Waals surface area contributed by atoms with Crippen LogP contribution in [0.5, 0.6) is 0 Å². The van der Waals surface area contributed by atoms with Crippen LogP contribution < -0.4 is 10.3 Å². The van der Waals surface area contributed by atoms with Gasteiger partial charge in [-0.2, -0.15) is 5.10 Å². The van der Waals surface area contributed by atoms with Crippen LogP contribution in [0, 0.1) is 27.2 Å². The van der Waals surface area contributed by atoms with Gasteiger partial charge in [-0.1, -0.05) is 6.92 Å². The van der Waals surface area contributed by atoms with Crippen LogP contribution in [-0.4, -0.2) is 27.6 Å². The van der Waals surface area contributed by atoms with Gasteiger partial charge in [0.05, 0.1) is 22.1 Å². The van der Waals surface area contributed by atoms with E-state index >= 15 is 0 Å². The van der Waals surface area contributed by atoms with E-state index in [-0.39, 0.29) is 16.9 Å². The van der Waals surface area contributed by atoms with Gasteiger partial charge in [0.2, 0.25) is 0 Å². The summed E-state index contributed by atoms with van der Waals surface area (Å²) in [5, 5.41) is 26.4. The van der Waals surface area contributed by atoms with Crippen LogP contribution in [0.1, 0.15) is 63.6 Å². The molecule has 1 aliphatic rings. The fraction of sp³-hybridized carbons (Fsp3) is 0.435. The zero-order valence-electron chi connectivity index (χ0n) is 19.2. The van der Waals surface area contributed by atoms with Crippen LogP contribution >= 0.6 is 0 Å². The molecule has 170 valence electrons. The Morgan fingerprint density at radius 3 is 2.47 bits per heavy atom. The molecule has 0 spiro atoms. The topological polar surface area (TPSA) is 114 Å². The van der Waals surface area contributed by atoms with Crippen LogP contribution in [0.25, 0.3) is 0 Å². The SMILES string of the molecule is Cc1cc2c(cc1/C=N/Nc1ccc([N+](=O)[O-])cc1[N+](=O)[O-])C(C)CC(C)(C)N2C(C)C. The molecule has 0 bridgehead atoms. The van der Waals surface area contributed by atoms with Crippen molar-refractivity contribution in [2.75, 3.05) is 10.3 Å². The number of nitro benzene ring substituents is 2. The van der Waals surface area contributed by atoms with Crippen molar-refractivity contribution in [1.29, 1.82) is 0 Å². The Morgan fingerprint density at radius 1 is 1.19 bits per heavy atom. The number of hydrogen-bond acceptors (Lipinski definition) is 7. The average Bonchev–Trinajstić information content (AvgIpc) is 2.67. The minimum atomic E-state index is -0.668. The molecule has 0 aromatic heterocycles. The molecular formula is C23H29N5O4. The molecule has 32 heavy (non-hydrogen) atoms. The van der Waals surface area contributed by atoms with Crippen molar-refractivity contribution in [1.82, 2.24) is 0 Å². The predicted molar refractivity (Wildman–Crippen MR) is 127 cm³/mol. The molecule has 0 aliphatic carbocycles. The van der Waals surface area contributed by atoms with Gasteiger partial charge in [0.1, 0.15) is 5.69 Å². The lowest BCUT2D eigenvalue weighted by Gasteiger charge is -2.50. The van der Waals surface area contributed by atoms with Gasteiger partial charge in [0, 0.05) is 23.3 Å². The first kappa shape index (κ1) is 23.2. The Morgan fingerprint density at radius 2 is 1.88 bits per heavy atom. The lowest BCUT2D eigenvalue weighted by atomic mass is 9.78. The van der Waals surface area contributed by atoms with Gasteiger partial charge in [-0.3, -0.25) is 25.7 Å². The zero-order chi connectivity index (χ0) is 23.8. The summed E-state index contributed by atoms with van der Waals surface area (Å²) in [6, 6.07) is 8.10. The molecule has 0 saturated heterocycles. The summed E-state index contributed by atoms with van der Waals surface area (Å²) in [6.07, 6.45) is 2.66. The Labute approximate surface area is 187 Å².